The van der Waals surface area contributed by atoms with Gasteiger partial charge < -0.3 is 14.3 Å². The standard InChI is InChI=1S/C34H44O5S/c1-4-5-6-7-8-9-10-11-12-13-14-15-16-32(33(36)26-19-17-25(2)18-20-26)40-27-21-22-28-29(35)24-31(34(37)38-3)39-30(28)23-27/h16-24,33,36H,4-15H2,1-3H3/t33-/m0/s1. The molecule has 0 aliphatic carbocycles. The van der Waals surface area contributed by atoms with E-state index >= 15 is 0 Å². The van der Waals surface area contributed by atoms with E-state index in [1.807, 2.05) is 37.3 Å². The summed E-state index contributed by atoms with van der Waals surface area (Å²) in [7, 11) is 1.25. The number of fused-ring (bicyclic) bond motifs is 1. The van der Waals surface area contributed by atoms with Crippen molar-refractivity contribution < 1.29 is 19.1 Å². The van der Waals surface area contributed by atoms with Gasteiger partial charge in [0.25, 0.3) is 0 Å². The van der Waals surface area contributed by atoms with Crippen molar-refractivity contribution >= 4 is 28.7 Å². The summed E-state index contributed by atoms with van der Waals surface area (Å²) in [6, 6.07) is 14.4. The van der Waals surface area contributed by atoms with Crippen LogP contribution in [0.25, 0.3) is 11.0 Å². The summed E-state index contributed by atoms with van der Waals surface area (Å²) in [5.41, 5.74) is 1.99. The molecule has 0 bridgehead atoms. The van der Waals surface area contributed by atoms with Crippen molar-refractivity contribution in [3.8, 4) is 0 Å². The van der Waals surface area contributed by atoms with E-state index in [0.29, 0.717) is 11.0 Å². The van der Waals surface area contributed by atoms with Crippen LogP contribution in [-0.2, 0) is 4.74 Å². The summed E-state index contributed by atoms with van der Waals surface area (Å²) in [6.45, 7) is 4.28. The Morgan fingerprint density at radius 3 is 2.17 bits per heavy atom. The first kappa shape index (κ1) is 31.7. The second kappa shape index (κ2) is 17.1. The molecule has 0 spiro atoms. The van der Waals surface area contributed by atoms with Gasteiger partial charge in [0.1, 0.15) is 11.7 Å². The van der Waals surface area contributed by atoms with Gasteiger partial charge in [-0.3, -0.25) is 4.79 Å². The Balaban J connectivity index is 1.65. The van der Waals surface area contributed by atoms with Crippen LogP contribution in [0.2, 0.25) is 0 Å². The summed E-state index contributed by atoms with van der Waals surface area (Å²) >= 11 is 1.45. The van der Waals surface area contributed by atoms with Gasteiger partial charge >= 0.3 is 5.97 Å². The van der Waals surface area contributed by atoms with Crippen LogP contribution >= 0.6 is 11.8 Å². The average molecular weight is 565 g/mol. The van der Waals surface area contributed by atoms with Gasteiger partial charge in [-0.2, -0.15) is 0 Å². The Kier molecular flexibility index (Phi) is 13.5. The van der Waals surface area contributed by atoms with Crippen LogP contribution in [0.3, 0.4) is 0 Å². The number of unbranched alkanes of at least 4 members (excludes halogenated alkanes) is 11. The predicted octanol–water partition coefficient (Wildman–Crippen LogP) is 9.30. The van der Waals surface area contributed by atoms with E-state index in [1.54, 1.807) is 12.1 Å². The topological polar surface area (TPSA) is 76.7 Å². The largest absolute Gasteiger partial charge is 0.463 e. The molecule has 1 aromatic heterocycles. The van der Waals surface area contributed by atoms with Crippen molar-refractivity contribution in [1.82, 2.24) is 0 Å². The number of carbonyl (C=O) groups excluding carboxylic acids is 1. The van der Waals surface area contributed by atoms with Crippen LogP contribution in [-0.4, -0.2) is 18.2 Å². The fourth-order valence-corrected chi connectivity index (χ4v) is 5.73. The molecule has 0 aliphatic heterocycles. The first-order chi connectivity index (χ1) is 19.4. The molecule has 0 saturated heterocycles. The lowest BCUT2D eigenvalue weighted by Gasteiger charge is -2.16. The highest BCUT2D eigenvalue weighted by Gasteiger charge is 2.17. The molecule has 0 fully saturated rings. The van der Waals surface area contributed by atoms with Gasteiger partial charge in [-0.05, 0) is 43.5 Å². The minimum atomic E-state index is -0.762. The second-order valence-corrected chi connectivity index (χ2v) is 11.6. The molecule has 40 heavy (non-hydrogen) atoms. The number of rotatable bonds is 17. The molecule has 3 aromatic rings. The lowest BCUT2D eigenvalue weighted by molar-refractivity contribution is 0.0565. The first-order valence-corrected chi connectivity index (χ1v) is 15.5. The van der Waals surface area contributed by atoms with Crippen molar-refractivity contribution in [2.75, 3.05) is 7.11 Å². The Hall–Kier alpha value is -2.83. The lowest BCUT2D eigenvalue weighted by Crippen LogP contribution is -2.08. The van der Waals surface area contributed by atoms with E-state index in [0.717, 1.165) is 39.8 Å². The van der Waals surface area contributed by atoms with Crippen LogP contribution in [0, 0.1) is 6.92 Å². The molecule has 216 valence electrons. The van der Waals surface area contributed by atoms with Crippen LogP contribution in [0.5, 0.6) is 0 Å². The number of carbonyl (C=O) groups is 1. The molecular weight excluding hydrogens is 520 g/mol. The summed E-state index contributed by atoms with van der Waals surface area (Å²) in [5, 5.41) is 11.7. The third kappa shape index (κ3) is 9.97. The molecule has 1 heterocycles. The number of aliphatic hydroxyl groups is 1. The summed E-state index contributed by atoms with van der Waals surface area (Å²) in [6.07, 6.45) is 16.5. The Bertz CT molecular complexity index is 1290. The predicted molar refractivity (Wildman–Crippen MR) is 165 cm³/mol. The fourth-order valence-electron chi connectivity index (χ4n) is 4.71. The number of thioether (sulfide) groups is 1. The van der Waals surface area contributed by atoms with Gasteiger partial charge in [-0.15, -0.1) is 0 Å². The van der Waals surface area contributed by atoms with Crippen molar-refractivity contribution in [2.24, 2.45) is 0 Å². The van der Waals surface area contributed by atoms with Crippen molar-refractivity contribution in [3.05, 3.63) is 86.6 Å². The maximum atomic E-state index is 12.5. The molecule has 0 amide bonds. The highest BCUT2D eigenvalue weighted by molar-refractivity contribution is 8.03. The van der Waals surface area contributed by atoms with Gasteiger partial charge in [-0.1, -0.05) is 119 Å². The average Bonchev–Trinajstić information content (AvgIpc) is 2.96. The Morgan fingerprint density at radius 2 is 1.55 bits per heavy atom. The molecule has 0 unspecified atom stereocenters. The van der Waals surface area contributed by atoms with Gasteiger partial charge in [0, 0.05) is 15.9 Å². The number of benzene rings is 2. The van der Waals surface area contributed by atoms with E-state index < -0.39 is 12.1 Å². The van der Waals surface area contributed by atoms with E-state index in [4.69, 9.17) is 9.15 Å². The Morgan fingerprint density at radius 1 is 0.925 bits per heavy atom. The van der Waals surface area contributed by atoms with Crippen molar-refractivity contribution in [1.29, 1.82) is 0 Å². The maximum absolute atomic E-state index is 12.5. The van der Waals surface area contributed by atoms with Crippen LogP contribution in [0.4, 0.5) is 0 Å². The van der Waals surface area contributed by atoms with Crippen LogP contribution in [0.1, 0.15) is 112 Å². The molecule has 6 heteroatoms. The number of aryl methyl sites for hydroxylation is 1. The summed E-state index contributed by atoms with van der Waals surface area (Å²) in [5.74, 6) is -0.825. The van der Waals surface area contributed by atoms with E-state index in [-0.39, 0.29) is 11.2 Å². The second-order valence-electron chi connectivity index (χ2n) is 10.5. The SMILES string of the molecule is CCCCCCCCCCCCCC=C(Sc1ccc2c(=O)cc(C(=O)OC)oc2c1)[C@@H](O)c1ccc(C)cc1. The molecule has 0 saturated carbocycles. The zero-order chi connectivity index (χ0) is 28.7. The number of ether oxygens (including phenoxy) is 1. The van der Waals surface area contributed by atoms with Gasteiger partial charge in [0.15, 0.2) is 5.43 Å². The van der Waals surface area contributed by atoms with E-state index in [9.17, 15) is 14.7 Å². The van der Waals surface area contributed by atoms with Crippen LogP contribution < -0.4 is 5.43 Å². The Labute approximate surface area is 243 Å². The number of methoxy groups -OCH3 is 1. The molecule has 2 aromatic carbocycles. The summed E-state index contributed by atoms with van der Waals surface area (Å²) in [4.78, 5) is 26.1. The quantitative estimate of drug-likeness (QED) is 0.1000. The van der Waals surface area contributed by atoms with E-state index in [2.05, 4.69) is 13.0 Å². The van der Waals surface area contributed by atoms with Gasteiger partial charge in [0.2, 0.25) is 5.76 Å². The zero-order valence-electron chi connectivity index (χ0n) is 24.2. The van der Waals surface area contributed by atoms with Crippen LogP contribution in [0.15, 0.2) is 73.6 Å². The highest BCUT2D eigenvalue weighted by atomic mass is 32.2. The molecule has 1 N–H and O–H groups in total. The maximum Gasteiger partial charge on any atom is 0.374 e. The minimum Gasteiger partial charge on any atom is -0.463 e. The minimum absolute atomic E-state index is 0.130. The normalized spacial score (nSPS) is 12.6. The first-order valence-electron chi connectivity index (χ1n) is 14.7. The number of allylic oxidation sites excluding steroid dienone is 1. The van der Waals surface area contributed by atoms with Gasteiger partial charge in [-0.25, -0.2) is 4.79 Å². The number of aliphatic hydroxyl groups excluding tert-OH is 1. The monoisotopic (exact) mass is 564 g/mol. The summed E-state index contributed by atoms with van der Waals surface area (Å²) < 4.78 is 10.4. The van der Waals surface area contributed by atoms with Crippen molar-refractivity contribution in [3.63, 3.8) is 0 Å². The number of esters is 1. The lowest BCUT2D eigenvalue weighted by atomic mass is 10.0. The molecule has 3 rings (SSSR count). The molecular formula is C34H44O5S. The third-order valence-corrected chi connectivity index (χ3v) is 8.25. The number of hydrogen-bond donors (Lipinski definition) is 1. The highest BCUT2D eigenvalue weighted by Crippen LogP contribution is 2.37. The van der Waals surface area contributed by atoms with Crippen molar-refractivity contribution in [2.45, 2.75) is 102 Å². The molecule has 5 nitrogen and oxygen atoms in total. The molecule has 1 atom stereocenters. The smallest absolute Gasteiger partial charge is 0.374 e. The fraction of sp³-hybridized carbons (Fsp3) is 0.471. The van der Waals surface area contributed by atoms with Gasteiger partial charge in [0.05, 0.1) is 12.5 Å². The third-order valence-electron chi connectivity index (χ3n) is 7.14. The van der Waals surface area contributed by atoms with E-state index in [1.165, 1.54) is 83.1 Å². The number of hydrogen-bond acceptors (Lipinski definition) is 6. The zero-order valence-corrected chi connectivity index (χ0v) is 25.1. The molecule has 0 radical (unpaired) electrons. The molecule has 0 aliphatic rings.